The molecule has 0 unspecified atom stereocenters. The van der Waals surface area contributed by atoms with Gasteiger partial charge >= 0.3 is 0 Å². The van der Waals surface area contributed by atoms with Crippen LogP contribution in [0.4, 0.5) is 5.69 Å². The molecule has 0 spiro atoms. The van der Waals surface area contributed by atoms with Crippen molar-refractivity contribution in [2.45, 2.75) is 12.8 Å². The zero-order chi connectivity index (χ0) is 10.1. The molecule has 1 N–H and O–H groups in total. The lowest BCUT2D eigenvalue weighted by Gasteiger charge is -2.06. The summed E-state index contributed by atoms with van der Waals surface area (Å²) in [6.07, 6.45) is 2.07. The van der Waals surface area contributed by atoms with Crippen molar-refractivity contribution in [1.29, 1.82) is 0 Å². The van der Waals surface area contributed by atoms with Gasteiger partial charge in [-0.05, 0) is 69.6 Å². The van der Waals surface area contributed by atoms with E-state index in [1.165, 1.54) is 0 Å². The molecular formula is C10H9BrINO. The second-order valence-corrected chi connectivity index (χ2v) is 5.49. The van der Waals surface area contributed by atoms with Crippen LogP contribution in [0, 0.1) is 9.49 Å². The highest BCUT2D eigenvalue weighted by molar-refractivity contribution is 14.1. The molecular weight excluding hydrogens is 357 g/mol. The van der Waals surface area contributed by atoms with Crippen LogP contribution in [-0.2, 0) is 4.79 Å². The van der Waals surface area contributed by atoms with Gasteiger partial charge in [0.1, 0.15) is 0 Å². The monoisotopic (exact) mass is 365 g/mol. The normalized spacial score (nSPS) is 15.3. The number of halogens is 2. The first-order valence-corrected chi connectivity index (χ1v) is 6.30. The molecule has 0 radical (unpaired) electrons. The topological polar surface area (TPSA) is 29.1 Å². The fourth-order valence-electron chi connectivity index (χ4n) is 1.17. The van der Waals surface area contributed by atoms with Crippen molar-refractivity contribution in [2.75, 3.05) is 5.32 Å². The lowest BCUT2D eigenvalue weighted by atomic mass is 10.3. The highest BCUT2D eigenvalue weighted by Crippen LogP contribution is 2.32. The van der Waals surface area contributed by atoms with E-state index in [4.69, 9.17) is 0 Å². The summed E-state index contributed by atoms with van der Waals surface area (Å²) < 4.78 is 2.06. The van der Waals surface area contributed by atoms with Gasteiger partial charge in [-0.25, -0.2) is 0 Å². The molecule has 1 aromatic carbocycles. The van der Waals surface area contributed by atoms with E-state index < -0.39 is 0 Å². The van der Waals surface area contributed by atoms with Gasteiger partial charge < -0.3 is 5.32 Å². The first-order chi connectivity index (χ1) is 6.66. The quantitative estimate of drug-likeness (QED) is 0.799. The smallest absolute Gasteiger partial charge is 0.227 e. The van der Waals surface area contributed by atoms with Crippen LogP contribution in [0.1, 0.15) is 12.8 Å². The molecule has 1 aliphatic rings. The third-order valence-electron chi connectivity index (χ3n) is 2.13. The van der Waals surface area contributed by atoms with Crippen molar-refractivity contribution in [3.8, 4) is 0 Å². The van der Waals surface area contributed by atoms with Crippen molar-refractivity contribution in [3.63, 3.8) is 0 Å². The van der Waals surface area contributed by atoms with Crippen LogP contribution in [0.5, 0.6) is 0 Å². The third kappa shape index (κ3) is 2.48. The summed E-state index contributed by atoms with van der Waals surface area (Å²) in [5.74, 6) is 0.396. The summed E-state index contributed by atoms with van der Waals surface area (Å²) in [7, 11) is 0. The Morgan fingerprint density at radius 3 is 2.86 bits per heavy atom. The Labute approximate surface area is 105 Å². The van der Waals surface area contributed by atoms with Crippen LogP contribution in [-0.4, -0.2) is 5.91 Å². The number of amides is 1. The van der Waals surface area contributed by atoms with E-state index >= 15 is 0 Å². The van der Waals surface area contributed by atoms with Crippen molar-refractivity contribution in [2.24, 2.45) is 5.92 Å². The SMILES string of the molecule is O=C(Nc1cc(I)ccc1Br)C1CC1. The van der Waals surface area contributed by atoms with E-state index in [0.29, 0.717) is 0 Å². The molecule has 74 valence electrons. The summed E-state index contributed by atoms with van der Waals surface area (Å²) in [6.45, 7) is 0. The van der Waals surface area contributed by atoms with Crippen LogP contribution in [0.2, 0.25) is 0 Å². The Kier molecular flexibility index (Phi) is 3.11. The molecule has 2 rings (SSSR count). The predicted octanol–water partition coefficient (Wildman–Crippen LogP) is 3.40. The lowest BCUT2D eigenvalue weighted by molar-refractivity contribution is -0.117. The lowest BCUT2D eigenvalue weighted by Crippen LogP contribution is -2.13. The van der Waals surface area contributed by atoms with Gasteiger partial charge in [0, 0.05) is 14.0 Å². The van der Waals surface area contributed by atoms with Gasteiger partial charge in [0.25, 0.3) is 0 Å². The summed E-state index contributed by atoms with van der Waals surface area (Å²) in [4.78, 5) is 11.5. The van der Waals surface area contributed by atoms with E-state index in [9.17, 15) is 4.79 Å². The molecule has 14 heavy (non-hydrogen) atoms. The predicted molar refractivity (Wildman–Crippen MR) is 68.2 cm³/mol. The maximum Gasteiger partial charge on any atom is 0.227 e. The number of hydrogen-bond acceptors (Lipinski definition) is 1. The molecule has 1 amide bonds. The Morgan fingerprint density at radius 2 is 2.21 bits per heavy atom. The number of rotatable bonds is 2. The second kappa shape index (κ2) is 4.18. The van der Waals surface area contributed by atoms with Crippen LogP contribution >= 0.6 is 38.5 Å². The van der Waals surface area contributed by atoms with E-state index in [2.05, 4.69) is 43.8 Å². The second-order valence-electron chi connectivity index (χ2n) is 3.39. The first kappa shape index (κ1) is 10.4. The van der Waals surface area contributed by atoms with Crippen molar-refractivity contribution in [1.82, 2.24) is 0 Å². The zero-order valence-electron chi connectivity index (χ0n) is 7.39. The van der Waals surface area contributed by atoms with Crippen LogP contribution in [0.3, 0.4) is 0 Å². The molecule has 0 heterocycles. The van der Waals surface area contributed by atoms with Crippen molar-refractivity contribution in [3.05, 3.63) is 26.2 Å². The largest absolute Gasteiger partial charge is 0.325 e. The molecule has 0 atom stereocenters. The Hall–Kier alpha value is -0.100. The fraction of sp³-hybridized carbons (Fsp3) is 0.300. The summed E-state index contributed by atoms with van der Waals surface area (Å²) in [5.41, 5.74) is 0.869. The van der Waals surface area contributed by atoms with E-state index in [1.807, 2.05) is 18.2 Å². The van der Waals surface area contributed by atoms with Gasteiger partial charge in [0.2, 0.25) is 5.91 Å². The first-order valence-electron chi connectivity index (χ1n) is 4.43. The zero-order valence-corrected chi connectivity index (χ0v) is 11.1. The Balaban J connectivity index is 2.14. The minimum Gasteiger partial charge on any atom is -0.325 e. The average molecular weight is 366 g/mol. The number of hydrogen-bond donors (Lipinski definition) is 1. The van der Waals surface area contributed by atoms with Gasteiger partial charge in [-0.15, -0.1) is 0 Å². The standard InChI is InChI=1S/C10H9BrINO/c11-8-4-3-7(12)5-9(8)13-10(14)6-1-2-6/h3-6H,1-2H2,(H,13,14). The molecule has 1 fully saturated rings. The summed E-state index contributed by atoms with van der Waals surface area (Å²) in [5, 5.41) is 2.92. The van der Waals surface area contributed by atoms with Crippen LogP contribution in [0.25, 0.3) is 0 Å². The van der Waals surface area contributed by atoms with Crippen LogP contribution < -0.4 is 5.32 Å². The number of carbonyl (C=O) groups is 1. The van der Waals surface area contributed by atoms with E-state index in [-0.39, 0.29) is 11.8 Å². The molecule has 2 nitrogen and oxygen atoms in total. The third-order valence-corrected chi connectivity index (χ3v) is 3.50. The van der Waals surface area contributed by atoms with Gasteiger partial charge in [-0.1, -0.05) is 0 Å². The number of anilines is 1. The molecule has 0 aromatic heterocycles. The highest BCUT2D eigenvalue weighted by atomic mass is 127. The van der Waals surface area contributed by atoms with Crippen molar-refractivity contribution < 1.29 is 4.79 Å². The number of nitrogens with one attached hydrogen (secondary N) is 1. The van der Waals surface area contributed by atoms with Crippen molar-refractivity contribution >= 4 is 50.1 Å². The minimum atomic E-state index is 0.146. The van der Waals surface area contributed by atoms with Gasteiger partial charge in [-0.2, -0.15) is 0 Å². The van der Waals surface area contributed by atoms with Gasteiger partial charge in [0.15, 0.2) is 0 Å². The molecule has 0 saturated heterocycles. The van der Waals surface area contributed by atoms with E-state index in [1.54, 1.807) is 0 Å². The molecule has 1 aromatic rings. The Bertz CT molecular complexity index is 376. The summed E-state index contributed by atoms with van der Waals surface area (Å²) in [6, 6.07) is 5.91. The fourth-order valence-corrected chi connectivity index (χ4v) is 2.01. The summed E-state index contributed by atoms with van der Waals surface area (Å²) >= 11 is 5.64. The molecule has 4 heteroatoms. The minimum absolute atomic E-state index is 0.146. The van der Waals surface area contributed by atoms with Gasteiger partial charge in [-0.3, -0.25) is 4.79 Å². The molecule has 0 aliphatic heterocycles. The molecule has 1 aliphatic carbocycles. The van der Waals surface area contributed by atoms with E-state index in [0.717, 1.165) is 26.6 Å². The highest BCUT2D eigenvalue weighted by Gasteiger charge is 2.29. The number of benzene rings is 1. The maximum absolute atomic E-state index is 11.5. The average Bonchev–Trinajstić information content (AvgIpc) is 2.94. The molecule has 0 bridgehead atoms. The Morgan fingerprint density at radius 1 is 1.50 bits per heavy atom. The molecule has 1 saturated carbocycles. The maximum atomic E-state index is 11.5. The van der Waals surface area contributed by atoms with Gasteiger partial charge in [0.05, 0.1) is 5.69 Å². The van der Waals surface area contributed by atoms with Crippen LogP contribution in [0.15, 0.2) is 22.7 Å². The number of carbonyl (C=O) groups excluding carboxylic acids is 1.